The molecule has 3 aromatic rings. The molecule has 2 heterocycles. The van der Waals surface area contributed by atoms with Crippen LogP contribution in [-0.2, 0) is 0 Å². The average molecular weight is 431 g/mol. The highest BCUT2D eigenvalue weighted by Crippen LogP contribution is 2.25. The van der Waals surface area contributed by atoms with Gasteiger partial charge < -0.3 is 9.51 Å². The molecular formula is C14H12BrIN2O. The van der Waals surface area contributed by atoms with Crippen LogP contribution in [0.2, 0.25) is 0 Å². The van der Waals surface area contributed by atoms with Crippen molar-refractivity contribution in [3.63, 3.8) is 0 Å². The molecule has 0 aliphatic rings. The second-order valence-electron chi connectivity index (χ2n) is 4.17. The molecule has 3 nitrogen and oxygen atoms in total. The Balaban J connectivity index is 0.00000133. The van der Waals surface area contributed by atoms with Crippen LogP contribution in [0, 0.1) is 10.5 Å². The highest BCUT2D eigenvalue weighted by molar-refractivity contribution is 14.1. The summed E-state index contributed by atoms with van der Waals surface area (Å²) in [6.45, 7) is 2.05. The zero-order valence-electron chi connectivity index (χ0n) is 10.2. The number of phenols is 1. The van der Waals surface area contributed by atoms with E-state index in [9.17, 15) is 5.11 Å². The Bertz CT molecular complexity index is 722. The number of pyridine rings is 1. The quantitative estimate of drug-likeness (QED) is 0.587. The zero-order valence-corrected chi connectivity index (χ0v) is 14.0. The minimum Gasteiger partial charge on any atom is -0.508 e. The topological polar surface area (TPSA) is 37.5 Å². The van der Waals surface area contributed by atoms with Crippen molar-refractivity contribution >= 4 is 45.2 Å². The van der Waals surface area contributed by atoms with E-state index in [-0.39, 0.29) is 22.7 Å². The van der Waals surface area contributed by atoms with Gasteiger partial charge in [0.15, 0.2) is 0 Å². The first kappa shape index (κ1) is 14.3. The summed E-state index contributed by atoms with van der Waals surface area (Å²) in [7, 11) is 0. The van der Waals surface area contributed by atoms with E-state index in [1.54, 1.807) is 12.1 Å². The van der Waals surface area contributed by atoms with Gasteiger partial charge in [0.2, 0.25) is 0 Å². The van der Waals surface area contributed by atoms with Gasteiger partial charge >= 0.3 is 0 Å². The Morgan fingerprint density at radius 3 is 2.47 bits per heavy atom. The third-order valence-electron chi connectivity index (χ3n) is 2.96. The van der Waals surface area contributed by atoms with E-state index < -0.39 is 0 Å². The van der Waals surface area contributed by atoms with Crippen LogP contribution in [0.4, 0.5) is 0 Å². The molecule has 0 saturated carbocycles. The van der Waals surface area contributed by atoms with Gasteiger partial charge in [-0.05, 0) is 65.9 Å². The summed E-state index contributed by atoms with van der Waals surface area (Å²) in [6, 6.07) is 11.2. The van der Waals surface area contributed by atoms with Gasteiger partial charge in [-0.1, -0.05) is 0 Å². The van der Waals surface area contributed by atoms with Crippen molar-refractivity contribution in [1.82, 2.24) is 9.38 Å². The van der Waals surface area contributed by atoms with Crippen molar-refractivity contribution in [2.45, 2.75) is 6.92 Å². The van der Waals surface area contributed by atoms with Crippen molar-refractivity contribution in [3.8, 4) is 17.0 Å². The molecule has 98 valence electrons. The van der Waals surface area contributed by atoms with E-state index in [1.807, 2.05) is 24.3 Å². The predicted octanol–water partition coefficient (Wildman–Crippen LogP) is 4.20. The van der Waals surface area contributed by atoms with E-state index >= 15 is 0 Å². The lowest BCUT2D eigenvalue weighted by Gasteiger charge is -2.00. The minimum atomic E-state index is 0. The maximum absolute atomic E-state index is 9.32. The molecular weight excluding hydrogens is 419 g/mol. The molecule has 0 aliphatic heterocycles. The number of imidazole rings is 1. The molecule has 1 aromatic carbocycles. The smallest absolute Gasteiger partial charge is 0.137 e. The number of rotatable bonds is 1. The Hall–Kier alpha value is -1.08. The lowest BCUT2D eigenvalue weighted by atomic mass is 10.1. The number of phenolic OH excluding ortho intramolecular Hbond substituents is 1. The van der Waals surface area contributed by atoms with Crippen molar-refractivity contribution < 1.29 is 5.11 Å². The van der Waals surface area contributed by atoms with E-state index in [0.717, 1.165) is 22.6 Å². The minimum absolute atomic E-state index is 0. The van der Waals surface area contributed by atoms with E-state index in [4.69, 9.17) is 0 Å². The van der Waals surface area contributed by atoms with Crippen LogP contribution in [0.15, 0.2) is 42.6 Å². The second kappa shape index (κ2) is 5.50. The van der Waals surface area contributed by atoms with Gasteiger partial charge in [0.05, 0.1) is 5.69 Å². The van der Waals surface area contributed by atoms with Crippen LogP contribution < -0.4 is 0 Å². The first-order chi connectivity index (χ1) is 8.65. The fourth-order valence-electron chi connectivity index (χ4n) is 2.03. The number of aromatic nitrogens is 2. The van der Waals surface area contributed by atoms with Gasteiger partial charge in [-0.15, -0.1) is 17.0 Å². The van der Waals surface area contributed by atoms with Crippen molar-refractivity contribution in [3.05, 3.63) is 51.9 Å². The molecule has 0 amide bonds. The number of hydrogen-bond donors (Lipinski definition) is 1. The van der Waals surface area contributed by atoms with Gasteiger partial charge in [-0.3, -0.25) is 0 Å². The summed E-state index contributed by atoms with van der Waals surface area (Å²) in [5, 5.41) is 9.32. The molecule has 0 aliphatic carbocycles. The first-order valence-electron chi connectivity index (χ1n) is 5.59. The molecule has 3 rings (SSSR count). The first-order valence-corrected chi connectivity index (χ1v) is 6.66. The van der Waals surface area contributed by atoms with Crippen molar-refractivity contribution in [2.24, 2.45) is 0 Å². The van der Waals surface area contributed by atoms with Crippen molar-refractivity contribution in [1.29, 1.82) is 0 Å². The molecule has 1 N–H and O–H groups in total. The SMILES string of the molecule is Br.Cc1c(-c2ccc(O)cc2)nc2ccc(I)cn12. The second-order valence-corrected chi connectivity index (χ2v) is 5.41. The molecule has 2 aromatic heterocycles. The van der Waals surface area contributed by atoms with Crippen LogP contribution in [0.5, 0.6) is 5.75 Å². The summed E-state index contributed by atoms with van der Waals surface area (Å²) in [5.41, 5.74) is 4.02. The molecule has 19 heavy (non-hydrogen) atoms. The van der Waals surface area contributed by atoms with Crippen LogP contribution >= 0.6 is 39.6 Å². The third-order valence-corrected chi connectivity index (χ3v) is 3.60. The Morgan fingerprint density at radius 1 is 1.11 bits per heavy atom. The van der Waals surface area contributed by atoms with Crippen LogP contribution in [0.1, 0.15) is 5.69 Å². The number of fused-ring (bicyclic) bond motifs is 1. The van der Waals surface area contributed by atoms with Crippen LogP contribution in [0.3, 0.4) is 0 Å². The fraction of sp³-hybridized carbons (Fsp3) is 0.0714. The summed E-state index contributed by atoms with van der Waals surface area (Å²) in [4.78, 5) is 4.63. The standard InChI is InChI=1S/C14H11IN2O.BrH/c1-9-14(10-2-5-12(18)6-3-10)16-13-7-4-11(15)8-17(9)13;/h2-8,18H,1H3;1H. The van der Waals surface area contributed by atoms with E-state index in [1.165, 1.54) is 3.57 Å². The van der Waals surface area contributed by atoms with Gasteiger partial charge in [0.25, 0.3) is 0 Å². The highest BCUT2D eigenvalue weighted by Gasteiger charge is 2.10. The number of aryl methyl sites for hydroxylation is 1. The molecule has 0 unspecified atom stereocenters. The molecule has 0 bridgehead atoms. The van der Waals surface area contributed by atoms with Gasteiger partial charge in [0.1, 0.15) is 11.4 Å². The molecule has 0 fully saturated rings. The van der Waals surface area contributed by atoms with Gasteiger partial charge in [-0.2, -0.15) is 0 Å². The van der Waals surface area contributed by atoms with Crippen molar-refractivity contribution in [2.75, 3.05) is 0 Å². The van der Waals surface area contributed by atoms with Gasteiger partial charge in [0, 0.05) is 21.0 Å². The number of benzene rings is 1. The van der Waals surface area contributed by atoms with Gasteiger partial charge in [-0.25, -0.2) is 4.98 Å². The molecule has 0 radical (unpaired) electrons. The number of hydrogen-bond acceptors (Lipinski definition) is 2. The normalized spacial score (nSPS) is 10.4. The van der Waals surface area contributed by atoms with E-state index in [0.29, 0.717) is 0 Å². The third kappa shape index (κ3) is 2.62. The Morgan fingerprint density at radius 2 is 1.79 bits per heavy atom. The summed E-state index contributed by atoms with van der Waals surface area (Å²) >= 11 is 2.29. The average Bonchev–Trinajstić information content (AvgIpc) is 2.68. The molecule has 0 spiro atoms. The summed E-state index contributed by atoms with van der Waals surface area (Å²) in [5.74, 6) is 0.273. The van der Waals surface area contributed by atoms with E-state index in [2.05, 4.69) is 45.1 Å². The maximum Gasteiger partial charge on any atom is 0.137 e. The van der Waals surface area contributed by atoms with Crippen LogP contribution in [-0.4, -0.2) is 14.5 Å². The Kier molecular flexibility index (Phi) is 4.15. The predicted molar refractivity (Wildman–Crippen MR) is 90.1 cm³/mol. The molecule has 0 atom stereocenters. The number of aromatic hydroxyl groups is 1. The lowest BCUT2D eigenvalue weighted by Crippen LogP contribution is -1.88. The number of halogens is 2. The number of nitrogens with zero attached hydrogens (tertiary/aromatic N) is 2. The summed E-state index contributed by atoms with van der Waals surface area (Å²) < 4.78 is 3.27. The zero-order chi connectivity index (χ0) is 12.7. The maximum atomic E-state index is 9.32. The van der Waals surface area contributed by atoms with Crippen LogP contribution in [0.25, 0.3) is 16.9 Å². The Labute approximate surface area is 135 Å². The molecule has 0 saturated heterocycles. The monoisotopic (exact) mass is 430 g/mol. The molecule has 5 heteroatoms. The largest absolute Gasteiger partial charge is 0.508 e. The highest BCUT2D eigenvalue weighted by atomic mass is 127. The lowest BCUT2D eigenvalue weighted by molar-refractivity contribution is 0.475. The summed E-state index contributed by atoms with van der Waals surface area (Å²) in [6.07, 6.45) is 2.07. The fourth-order valence-corrected chi connectivity index (χ4v) is 2.49.